The van der Waals surface area contributed by atoms with Crippen molar-refractivity contribution in [2.75, 3.05) is 20.8 Å². The van der Waals surface area contributed by atoms with E-state index in [1.54, 1.807) is 12.2 Å². The van der Waals surface area contributed by atoms with Gasteiger partial charge in [0.2, 0.25) is 11.7 Å². The van der Waals surface area contributed by atoms with Crippen molar-refractivity contribution in [1.29, 1.82) is 0 Å². The van der Waals surface area contributed by atoms with Crippen molar-refractivity contribution in [2.24, 2.45) is 16.1 Å². The second kappa shape index (κ2) is 9.12. The molecule has 1 atom stereocenters. The summed E-state index contributed by atoms with van der Waals surface area (Å²) in [7, 11) is 3.55. The van der Waals surface area contributed by atoms with Crippen LogP contribution in [0.4, 0.5) is 0 Å². The number of methoxy groups -OCH3 is 1. The van der Waals surface area contributed by atoms with Crippen molar-refractivity contribution in [1.82, 2.24) is 5.06 Å². The van der Waals surface area contributed by atoms with Gasteiger partial charge in [-0.3, -0.25) is 0 Å². The van der Waals surface area contributed by atoms with Crippen molar-refractivity contribution in [3.8, 4) is 16.9 Å². The van der Waals surface area contributed by atoms with Gasteiger partial charge in [0, 0.05) is 24.6 Å². The number of guanidine groups is 1. The number of ether oxygens (including phenoxy) is 1. The molecule has 0 saturated heterocycles. The third-order valence-corrected chi connectivity index (χ3v) is 7.02. The van der Waals surface area contributed by atoms with E-state index in [2.05, 4.69) is 30.3 Å². The van der Waals surface area contributed by atoms with Gasteiger partial charge < -0.3 is 15.6 Å². The maximum Gasteiger partial charge on any atom is 0.220 e. The van der Waals surface area contributed by atoms with Gasteiger partial charge in [-0.2, -0.15) is 0 Å². The predicted molar refractivity (Wildman–Crippen MR) is 127 cm³/mol. The van der Waals surface area contributed by atoms with E-state index in [0.717, 1.165) is 42.6 Å². The van der Waals surface area contributed by atoms with Crippen LogP contribution in [0.2, 0.25) is 0 Å². The molecule has 0 aromatic heterocycles. The van der Waals surface area contributed by atoms with Crippen LogP contribution in [0.5, 0.6) is 5.75 Å². The number of rotatable bonds is 3. The Bertz CT molecular complexity index is 982. The Balaban J connectivity index is 0.000000567. The minimum absolute atomic E-state index is 0.00400. The Kier molecular flexibility index (Phi) is 6.45. The van der Waals surface area contributed by atoms with Gasteiger partial charge in [0.1, 0.15) is 5.75 Å². The summed E-state index contributed by atoms with van der Waals surface area (Å²) in [5.41, 5.74) is 10.3. The molecular weight excluding hydrogens is 402 g/mol. The van der Waals surface area contributed by atoms with Gasteiger partial charge >= 0.3 is 0 Å². The van der Waals surface area contributed by atoms with Crippen LogP contribution in [0.15, 0.2) is 47.5 Å². The van der Waals surface area contributed by atoms with Crippen LogP contribution in [0.3, 0.4) is 0 Å². The van der Waals surface area contributed by atoms with Gasteiger partial charge in [0.25, 0.3) is 0 Å². The summed E-state index contributed by atoms with van der Waals surface area (Å²) in [4.78, 5) is 11.4. The monoisotopic (exact) mass is 437 g/mol. The fourth-order valence-corrected chi connectivity index (χ4v) is 5.36. The van der Waals surface area contributed by atoms with E-state index in [4.69, 9.17) is 25.4 Å². The smallest absolute Gasteiger partial charge is 0.220 e. The molecule has 6 heteroatoms. The molecule has 3 N–H and O–H groups in total. The highest BCUT2D eigenvalue weighted by Gasteiger charge is 2.62. The first-order valence-corrected chi connectivity index (χ1v) is 11.7. The zero-order chi connectivity index (χ0) is 22.8. The zero-order valence-electron chi connectivity index (χ0n) is 19.4. The first-order chi connectivity index (χ1) is 15.5. The number of aliphatic hydroxyl groups excluding tert-OH is 1. The summed E-state index contributed by atoms with van der Waals surface area (Å²) in [6.07, 6.45) is 7.87. The number of aliphatic hydroxyl groups is 1. The normalized spacial score (nSPS) is 23.0. The van der Waals surface area contributed by atoms with Crippen molar-refractivity contribution in [2.45, 2.75) is 57.6 Å². The van der Waals surface area contributed by atoms with Crippen molar-refractivity contribution >= 4 is 5.96 Å². The van der Waals surface area contributed by atoms with Gasteiger partial charge in [0.05, 0.1) is 7.11 Å². The Morgan fingerprint density at radius 2 is 1.84 bits per heavy atom. The highest BCUT2D eigenvalue weighted by molar-refractivity contribution is 5.79. The van der Waals surface area contributed by atoms with Crippen LogP contribution < -0.4 is 10.5 Å². The fourth-order valence-electron chi connectivity index (χ4n) is 5.36. The van der Waals surface area contributed by atoms with Crippen LogP contribution in [-0.4, -0.2) is 36.9 Å². The highest BCUT2D eigenvalue weighted by atomic mass is 16.7. The maximum atomic E-state index is 7.88. The molecular formula is C26H35N3O3. The molecule has 1 unspecified atom stereocenters. The molecule has 172 valence electrons. The van der Waals surface area contributed by atoms with Gasteiger partial charge in [-0.15, -0.1) is 0 Å². The first kappa shape index (κ1) is 22.6. The van der Waals surface area contributed by atoms with Crippen LogP contribution in [0, 0.1) is 5.41 Å². The molecule has 3 aliphatic rings. The zero-order valence-corrected chi connectivity index (χ0v) is 19.4. The number of benzene rings is 2. The SMILES string of the molecule is CCCO.COc1cccc(-c2ccc3c(c2)C2(N=C(N)N(C)O2)C2(CCCCC2)C3)c1. The third-order valence-electron chi connectivity index (χ3n) is 7.02. The molecule has 1 aliphatic heterocycles. The van der Waals surface area contributed by atoms with Crippen LogP contribution in [0.1, 0.15) is 56.6 Å². The average Bonchev–Trinajstić information content (AvgIpc) is 3.27. The largest absolute Gasteiger partial charge is 0.497 e. The number of nitrogens with two attached hydrogens (primary N) is 1. The highest BCUT2D eigenvalue weighted by Crippen LogP contribution is 2.62. The summed E-state index contributed by atoms with van der Waals surface area (Å²) in [6.45, 7) is 2.25. The molecule has 2 aromatic carbocycles. The van der Waals surface area contributed by atoms with E-state index >= 15 is 0 Å². The number of hydrogen-bond donors (Lipinski definition) is 2. The van der Waals surface area contributed by atoms with E-state index in [-0.39, 0.29) is 5.41 Å². The fraction of sp³-hybridized carbons (Fsp3) is 0.500. The lowest BCUT2D eigenvalue weighted by Gasteiger charge is -2.43. The quantitative estimate of drug-likeness (QED) is 0.733. The topological polar surface area (TPSA) is 80.3 Å². The summed E-state index contributed by atoms with van der Waals surface area (Å²) in [5, 5.41) is 9.52. The molecule has 32 heavy (non-hydrogen) atoms. The number of nitrogens with zero attached hydrogens (tertiary/aromatic N) is 2. The Labute approximate surface area is 191 Å². The Morgan fingerprint density at radius 3 is 2.47 bits per heavy atom. The molecule has 2 aromatic rings. The molecule has 5 rings (SSSR count). The van der Waals surface area contributed by atoms with Crippen molar-refractivity contribution < 1.29 is 14.7 Å². The molecule has 0 bridgehead atoms. The van der Waals surface area contributed by atoms with Crippen molar-refractivity contribution in [3.63, 3.8) is 0 Å². The third kappa shape index (κ3) is 3.76. The van der Waals surface area contributed by atoms with Gasteiger partial charge in [-0.25, -0.2) is 14.9 Å². The van der Waals surface area contributed by atoms with Crippen LogP contribution in [0.25, 0.3) is 11.1 Å². The number of aliphatic imine (C=N–C) groups is 1. The van der Waals surface area contributed by atoms with Crippen molar-refractivity contribution in [3.05, 3.63) is 53.6 Å². The molecule has 0 radical (unpaired) electrons. The van der Waals surface area contributed by atoms with E-state index in [0.29, 0.717) is 12.6 Å². The van der Waals surface area contributed by atoms with E-state index < -0.39 is 5.72 Å². The molecule has 1 saturated carbocycles. The van der Waals surface area contributed by atoms with E-state index in [1.807, 2.05) is 26.1 Å². The standard InChI is InChI=1S/C23H27N3O2.C3H8O/c1-26-21(24)25-23(28-26)20-14-17(16-7-6-8-19(13-16)27-2)9-10-18(20)15-22(23)11-4-3-5-12-22;1-2-3-4/h6-10,13-14H,3-5,11-12,15H2,1-2H3,(H2,24,25);4H,2-3H2,1H3. The van der Waals surface area contributed by atoms with E-state index in [1.165, 1.54) is 30.4 Å². The maximum absolute atomic E-state index is 7.88. The Hall–Kier alpha value is -2.57. The molecule has 6 nitrogen and oxygen atoms in total. The summed E-state index contributed by atoms with van der Waals surface area (Å²) in [6, 6.07) is 14.9. The number of hydroxylamine groups is 2. The lowest BCUT2D eigenvalue weighted by Crippen LogP contribution is -2.44. The summed E-state index contributed by atoms with van der Waals surface area (Å²) < 4.78 is 5.41. The first-order valence-electron chi connectivity index (χ1n) is 11.7. The summed E-state index contributed by atoms with van der Waals surface area (Å²) >= 11 is 0. The van der Waals surface area contributed by atoms with Gasteiger partial charge in [0.15, 0.2) is 0 Å². The number of fused-ring (bicyclic) bond motifs is 3. The second-order valence-corrected chi connectivity index (χ2v) is 9.05. The lowest BCUT2D eigenvalue weighted by atomic mass is 9.67. The minimum Gasteiger partial charge on any atom is -0.497 e. The van der Waals surface area contributed by atoms with Gasteiger partial charge in [-0.05, 0) is 60.6 Å². The molecule has 2 spiro atoms. The average molecular weight is 438 g/mol. The molecule has 1 heterocycles. The van der Waals surface area contributed by atoms with Gasteiger partial charge in [-0.1, -0.05) is 50.5 Å². The molecule has 2 aliphatic carbocycles. The summed E-state index contributed by atoms with van der Waals surface area (Å²) in [5.74, 6) is 1.32. The lowest BCUT2D eigenvalue weighted by molar-refractivity contribution is -0.228. The second-order valence-electron chi connectivity index (χ2n) is 9.05. The molecule has 0 amide bonds. The predicted octanol–water partition coefficient (Wildman–Crippen LogP) is 4.60. The number of hydrogen-bond acceptors (Lipinski definition) is 6. The van der Waals surface area contributed by atoms with Crippen LogP contribution >= 0.6 is 0 Å². The molecule has 1 fully saturated rings. The Morgan fingerprint density at radius 1 is 1.12 bits per heavy atom. The van der Waals surface area contributed by atoms with E-state index in [9.17, 15) is 0 Å². The minimum atomic E-state index is -0.698. The van der Waals surface area contributed by atoms with Crippen LogP contribution in [-0.2, 0) is 17.0 Å².